The van der Waals surface area contributed by atoms with Crippen LogP contribution < -0.4 is 5.32 Å². The topological polar surface area (TPSA) is 43.0 Å². The molecule has 4 heteroatoms. The van der Waals surface area contributed by atoms with Gasteiger partial charge in [0.2, 0.25) is 0 Å². The Morgan fingerprint density at radius 3 is 3.00 bits per heavy atom. The van der Waals surface area contributed by atoms with Gasteiger partial charge < -0.3 is 9.73 Å². The summed E-state index contributed by atoms with van der Waals surface area (Å²) in [4.78, 5) is 0. The molecule has 0 aliphatic heterocycles. The van der Waals surface area contributed by atoms with Gasteiger partial charge in [0, 0.05) is 30.8 Å². The molecule has 0 aliphatic carbocycles. The number of aryl methyl sites for hydroxylation is 2. The Kier molecular flexibility index (Phi) is 3.98. The van der Waals surface area contributed by atoms with Crippen molar-refractivity contribution in [1.82, 2.24) is 15.1 Å². The van der Waals surface area contributed by atoms with Crippen molar-refractivity contribution < 1.29 is 4.42 Å². The lowest BCUT2D eigenvalue weighted by atomic mass is 10.1. The molecule has 1 N–H and O–H groups in total. The summed E-state index contributed by atoms with van der Waals surface area (Å²) in [7, 11) is 1.98. The van der Waals surface area contributed by atoms with Gasteiger partial charge in [0.15, 0.2) is 0 Å². The molecule has 2 aromatic rings. The third-order valence-electron chi connectivity index (χ3n) is 2.99. The molecule has 0 radical (unpaired) electrons. The van der Waals surface area contributed by atoms with Gasteiger partial charge in [-0.2, -0.15) is 5.10 Å². The molecule has 17 heavy (non-hydrogen) atoms. The van der Waals surface area contributed by atoms with E-state index < -0.39 is 0 Å². The van der Waals surface area contributed by atoms with Crippen molar-refractivity contribution in [2.45, 2.75) is 32.4 Å². The number of aromatic nitrogens is 2. The van der Waals surface area contributed by atoms with Crippen molar-refractivity contribution >= 4 is 0 Å². The van der Waals surface area contributed by atoms with Crippen LogP contribution in [0.25, 0.3) is 0 Å². The van der Waals surface area contributed by atoms with Crippen molar-refractivity contribution in [3.8, 4) is 0 Å². The van der Waals surface area contributed by atoms with E-state index in [1.165, 1.54) is 5.56 Å². The summed E-state index contributed by atoms with van der Waals surface area (Å²) in [5, 5.41) is 7.62. The van der Waals surface area contributed by atoms with Crippen LogP contribution in [0.5, 0.6) is 0 Å². The highest BCUT2D eigenvalue weighted by Gasteiger charge is 2.12. The van der Waals surface area contributed by atoms with E-state index in [1.807, 2.05) is 30.1 Å². The molecule has 2 heterocycles. The predicted molar refractivity (Wildman–Crippen MR) is 66.7 cm³/mol. The highest BCUT2D eigenvalue weighted by molar-refractivity contribution is 5.11. The number of furan rings is 1. The van der Waals surface area contributed by atoms with Gasteiger partial charge in [-0.25, -0.2) is 0 Å². The summed E-state index contributed by atoms with van der Waals surface area (Å²) in [5.41, 5.74) is 1.24. The maximum atomic E-state index is 5.34. The lowest BCUT2D eigenvalue weighted by molar-refractivity contribution is 0.469. The summed E-state index contributed by atoms with van der Waals surface area (Å²) in [6.45, 7) is 3.00. The molecule has 0 amide bonds. The third-order valence-corrected chi connectivity index (χ3v) is 2.99. The zero-order chi connectivity index (χ0) is 12.1. The van der Waals surface area contributed by atoms with Crippen LogP contribution in [0.4, 0.5) is 0 Å². The van der Waals surface area contributed by atoms with Crippen LogP contribution in [-0.2, 0) is 13.0 Å². The molecule has 2 aromatic heterocycles. The van der Waals surface area contributed by atoms with E-state index >= 15 is 0 Å². The van der Waals surface area contributed by atoms with E-state index in [-0.39, 0.29) is 0 Å². The second kappa shape index (κ2) is 5.68. The SMILES string of the molecule is CCn1cc(C(CCc2ccco2)NC)cn1. The predicted octanol–water partition coefficient (Wildman–Crippen LogP) is 2.39. The van der Waals surface area contributed by atoms with Crippen molar-refractivity contribution in [3.05, 3.63) is 42.1 Å². The molecule has 0 bridgehead atoms. The fraction of sp³-hybridized carbons (Fsp3) is 0.462. The largest absolute Gasteiger partial charge is 0.469 e. The van der Waals surface area contributed by atoms with E-state index in [4.69, 9.17) is 4.42 Å². The zero-order valence-electron chi connectivity index (χ0n) is 10.4. The molecule has 0 saturated heterocycles. The van der Waals surface area contributed by atoms with Crippen molar-refractivity contribution in [2.24, 2.45) is 0 Å². The van der Waals surface area contributed by atoms with Crippen LogP contribution in [0.3, 0.4) is 0 Å². The summed E-state index contributed by atoms with van der Waals surface area (Å²) in [6.07, 6.45) is 7.71. The first kappa shape index (κ1) is 11.9. The third kappa shape index (κ3) is 2.97. The first-order valence-corrected chi connectivity index (χ1v) is 6.05. The van der Waals surface area contributed by atoms with Crippen LogP contribution in [0.1, 0.15) is 30.7 Å². The molecule has 1 unspecified atom stereocenters. The number of nitrogens with zero attached hydrogens (tertiary/aromatic N) is 2. The molecule has 0 aliphatic rings. The van der Waals surface area contributed by atoms with Gasteiger partial charge in [0.05, 0.1) is 12.5 Å². The lowest BCUT2D eigenvalue weighted by Crippen LogP contribution is -2.16. The van der Waals surface area contributed by atoms with Gasteiger partial charge >= 0.3 is 0 Å². The maximum Gasteiger partial charge on any atom is 0.103 e. The first-order valence-electron chi connectivity index (χ1n) is 6.05. The highest BCUT2D eigenvalue weighted by atomic mass is 16.3. The van der Waals surface area contributed by atoms with E-state index in [9.17, 15) is 0 Å². The van der Waals surface area contributed by atoms with Crippen LogP contribution in [-0.4, -0.2) is 16.8 Å². The van der Waals surface area contributed by atoms with Gasteiger partial charge in [-0.1, -0.05) is 0 Å². The Balaban J connectivity index is 1.96. The summed E-state index contributed by atoms with van der Waals surface area (Å²) >= 11 is 0. The fourth-order valence-electron chi connectivity index (χ4n) is 1.95. The molecule has 1 atom stereocenters. The fourth-order valence-corrected chi connectivity index (χ4v) is 1.95. The second-order valence-electron chi connectivity index (χ2n) is 4.09. The standard InChI is InChI=1S/C13H19N3O/c1-3-16-10-11(9-15-16)13(14-2)7-6-12-5-4-8-17-12/h4-5,8-10,13-14H,3,6-7H2,1-2H3. The van der Waals surface area contributed by atoms with Gasteiger partial charge in [-0.3, -0.25) is 4.68 Å². The molecular formula is C13H19N3O. The minimum absolute atomic E-state index is 0.334. The maximum absolute atomic E-state index is 5.34. The first-order chi connectivity index (χ1) is 8.33. The smallest absolute Gasteiger partial charge is 0.103 e. The Labute approximate surface area is 102 Å². The number of rotatable bonds is 6. The van der Waals surface area contributed by atoms with Crippen LogP contribution in [0.2, 0.25) is 0 Å². The lowest BCUT2D eigenvalue weighted by Gasteiger charge is -2.13. The van der Waals surface area contributed by atoms with Crippen molar-refractivity contribution in [1.29, 1.82) is 0 Å². The zero-order valence-corrected chi connectivity index (χ0v) is 10.4. The quantitative estimate of drug-likeness (QED) is 0.833. The molecule has 0 saturated carbocycles. The number of hydrogen-bond acceptors (Lipinski definition) is 3. The van der Waals surface area contributed by atoms with Crippen molar-refractivity contribution in [3.63, 3.8) is 0 Å². The Morgan fingerprint density at radius 2 is 2.41 bits per heavy atom. The molecule has 4 nitrogen and oxygen atoms in total. The summed E-state index contributed by atoms with van der Waals surface area (Å²) in [5.74, 6) is 1.04. The van der Waals surface area contributed by atoms with Crippen LogP contribution in [0.15, 0.2) is 35.2 Å². The average Bonchev–Trinajstić information content (AvgIpc) is 3.00. The Bertz CT molecular complexity index is 433. The van der Waals surface area contributed by atoms with Gasteiger partial charge in [-0.05, 0) is 32.5 Å². The van der Waals surface area contributed by atoms with E-state index in [1.54, 1.807) is 6.26 Å². The number of nitrogens with one attached hydrogen (secondary N) is 1. The molecule has 0 aromatic carbocycles. The minimum atomic E-state index is 0.334. The molecule has 0 spiro atoms. The minimum Gasteiger partial charge on any atom is -0.469 e. The summed E-state index contributed by atoms with van der Waals surface area (Å²) < 4.78 is 7.29. The molecule has 92 valence electrons. The summed E-state index contributed by atoms with van der Waals surface area (Å²) in [6, 6.07) is 4.28. The second-order valence-corrected chi connectivity index (χ2v) is 4.09. The molecule has 0 fully saturated rings. The normalized spacial score (nSPS) is 12.8. The average molecular weight is 233 g/mol. The van der Waals surface area contributed by atoms with Crippen molar-refractivity contribution in [2.75, 3.05) is 7.05 Å². The Hall–Kier alpha value is -1.55. The molecule has 2 rings (SSSR count). The van der Waals surface area contributed by atoms with Gasteiger partial charge in [0.25, 0.3) is 0 Å². The van der Waals surface area contributed by atoms with Crippen LogP contribution in [0, 0.1) is 0 Å². The monoisotopic (exact) mass is 233 g/mol. The van der Waals surface area contributed by atoms with Crippen LogP contribution >= 0.6 is 0 Å². The van der Waals surface area contributed by atoms with E-state index in [2.05, 4.69) is 23.5 Å². The van der Waals surface area contributed by atoms with E-state index in [0.29, 0.717) is 6.04 Å². The van der Waals surface area contributed by atoms with Gasteiger partial charge in [0.1, 0.15) is 5.76 Å². The van der Waals surface area contributed by atoms with Gasteiger partial charge in [-0.15, -0.1) is 0 Å². The molecular weight excluding hydrogens is 214 g/mol. The number of hydrogen-bond donors (Lipinski definition) is 1. The Morgan fingerprint density at radius 1 is 1.53 bits per heavy atom. The highest BCUT2D eigenvalue weighted by Crippen LogP contribution is 2.18. The van der Waals surface area contributed by atoms with E-state index in [0.717, 1.165) is 25.1 Å².